The number of halogens is 2. The van der Waals surface area contributed by atoms with E-state index in [2.05, 4.69) is 10.3 Å². The van der Waals surface area contributed by atoms with Gasteiger partial charge in [-0.25, -0.2) is 13.6 Å². The molecule has 9 nitrogen and oxygen atoms in total. The zero-order chi connectivity index (χ0) is 23.0. The van der Waals surface area contributed by atoms with Crippen molar-refractivity contribution in [2.75, 3.05) is 6.61 Å². The highest BCUT2D eigenvalue weighted by Crippen LogP contribution is 2.19. The van der Waals surface area contributed by atoms with Crippen molar-refractivity contribution in [3.05, 3.63) is 80.5 Å². The Labute approximate surface area is 178 Å². The largest absolute Gasteiger partial charge is 0.388 e. The molecular weight excluding hydrogens is 428 g/mol. The molecule has 11 heteroatoms. The van der Waals surface area contributed by atoms with E-state index in [1.807, 2.05) is 0 Å². The van der Waals surface area contributed by atoms with Gasteiger partial charge in [-0.1, -0.05) is 18.2 Å². The third-order valence-electron chi connectivity index (χ3n) is 5.41. The van der Waals surface area contributed by atoms with Gasteiger partial charge in [0, 0.05) is 0 Å². The second kappa shape index (κ2) is 8.61. The fourth-order valence-electron chi connectivity index (χ4n) is 3.70. The van der Waals surface area contributed by atoms with E-state index in [1.165, 1.54) is 10.6 Å². The smallest absolute Gasteiger partial charge is 0.328 e. The highest BCUT2D eigenvalue weighted by atomic mass is 19.2. The molecule has 0 bridgehead atoms. The Morgan fingerprint density at radius 2 is 1.88 bits per heavy atom. The second-order valence-electron chi connectivity index (χ2n) is 7.42. The number of aromatic amines is 1. The maximum Gasteiger partial charge on any atom is 0.328 e. The highest BCUT2D eigenvalue weighted by Gasteiger charge is 2.40. The van der Waals surface area contributed by atoms with Crippen LogP contribution in [0.15, 0.2) is 52.1 Å². The van der Waals surface area contributed by atoms with E-state index in [4.69, 9.17) is 4.74 Å². The standard InChI is InChI=1S/C21H19F2N3O6/c22-12-6-3-5-11(16(12)23)20(30)24-13-9-32-15(18(28)17(13)27)8-26-14-7-2-1-4-10(14)19(29)25-21(26)31/h1-7,13,15,17-18,27-28H,8-9H2,(H,24,30)(H,25,29,31)/t13-,15-,17+,18-/m1/s1. The summed E-state index contributed by atoms with van der Waals surface area (Å²) in [6, 6.07) is 8.37. The van der Waals surface area contributed by atoms with Gasteiger partial charge in [-0.3, -0.25) is 19.1 Å². The maximum absolute atomic E-state index is 13.8. The molecule has 4 rings (SSSR count). The topological polar surface area (TPSA) is 134 Å². The summed E-state index contributed by atoms with van der Waals surface area (Å²) >= 11 is 0. The van der Waals surface area contributed by atoms with Gasteiger partial charge >= 0.3 is 5.69 Å². The zero-order valence-corrected chi connectivity index (χ0v) is 16.5. The molecule has 0 spiro atoms. The first-order chi connectivity index (χ1) is 15.3. The summed E-state index contributed by atoms with van der Waals surface area (Å²) in [5, 5.41) is 23.6. The summed E-state index contributed by atoms with van der Waals surface area (Å²) in [5.41, 5.74) is -1.50. The van der Waals surface area contributed by atoms with Crippen molar-refractivity contribution < 1.29 is 28.5 Å². The Morgan fingerprint density at radius 1 is 1.12 bits per heavy atom. The molecule has 4 atom stereocenters. The Bertz CT molecular complexity index is 1290. The SMILES string of the molecule is O=C(N[C@@H]1CO[C@H](Cn2c(=O)[nH]c(=O)c3ccccc32)[C@@H](O)[C@H]1O)c1cccc(F)c1F. The van der Waals surface area contributed by atoms with E-state index < -0.39 is 58.7 Å². The van der Waals surface area contributed by atoms with Crippen LogP contribution in [0, 0.1) is 11.6 Å². The van der Waals surface area contributed by atoms with Crippen molar-refractivity contribution in [2.24, 2.45) is 0 Å². The molecule has 1 aliphatic heterocycles. The van der Waals surface area contributed by atoms with Gasteiger partial charge in [0.05, 0.1) is 35.7 Å². The first kappa shape index (κ1) is 21.8. The Hall–Kier alpha value is -3.41. The lowest BCUT2D eigenvalue weighted by molar-refractivity contribution is -0.152. The molecular formula is C21H19F2N3O6. The summed E-state index contributed by atoms with van der Waals surface area (Å²) in [7, 11) is 0. The van der Waals surface area contributed by atoms with Crippen LogP contribution in [0.2, 0.25) is 0 Å². The van der Waals surface area contributed by atoms with Gasteiger partial charge in [0.2, 0.25) is 0 Å². The summed E-state index contributed by atoms with van der Waals surface area (Å²) in [4.78, 5) is 38.8. The summed E-state index contributed by atoms with van der Waals surface area (Å²) < 4.78 is 34.0. The Morgan fingerprint density at radius 3 is 2.66 bits per heavy atom. The molecule has 1 amide bonds. The number of H-pyrrole nitrogens is 1. The van der Waals surface area contributed by atoms with Crippen LogP contribution in [-0.4, -0.2) is 56.6 Å². The van der Waals surface area contributed by atoms with E-state index in [1.54, 1.807) is 18.2 Å². The minimum atomic E-state index is -1.52. The number of amides is 1. The first-order valence-electron chi connectivity index (χ1n) is 9.72. The maximum atomic E-state index is 13.8. The number of fused-ring (bicyclic) bond motifs is 1. The first-order valence-corrected chi connectivity index (χ1v) is 9.72. The fourth-order valence-corrected chi connectivity index (χ4v) is 3.70. The van der Waals surface area contributed by atoms with Crippen LogP contribution in [0.25, 0.3) is 10.9 Å². The molecule has 4 N–H and O–H groups in total. The number of aliphatic hydroxyl groups excluding tert-OH is 2. The number of para-hydroxylation sites is 1. The number of aromatic nitrogens is 2. The van der Waals surface area contributed by atoms with Gasteiger partial charge in [-0.15, -0.1) is 0 Å². The number of aliphatic hydroxyl groups is 2. The quantitative estimate of drug-likeness (QED) is 0.441. The summed E-state index contributed by atoms with van der Waals surface area (Å²) in [5.74, 6) is -3.51. The van der Waals surface area contributed by atoms with Gasteiger partial charge in [-0.05, 0) is 24.3 Å². The lowest BCUT2D eigenvalue weighted by Crippen LogP contribution is -2.60. The van der Waals surface area contributed by atoms with Crippen molar-refractivity contribution in [1.82, 2.24) is 14.9 Å². The number of benzene rings is 2. The van der Waals surface area contributed by atoms with Crippen LogP contribution in [-0.2, 0) is 11.3 Å². The Kier molecular flexibility index (Phi) is 5.87. The van der Waals surface area contributed by atoms with Crippen molar-refractivity contribution in [3.8, 4) is 0 Å². The van der Waals surface area contributed by atoms with Gasteiger partial charge in [-0.2, -0.15) is 0 Å². The van der Waals surface area contributed by atoms with Crippen LogP contribution < -0.4 is 16.6 Å². The van der Waals surface area contributed by atoms with Crippen molar-refractivity contribution in [3.63, 3.8) is 0 Å². The average molecular weight is 447 g/mol. The lowest BCUT2D eigenvalue weighted by Gasteiger charge is -2.38. The van der Waals surface area contributed by atoms with E-state index in [-0.39, 0.29) is 18.5 Å². The van der Waals surface area contributed by atoms with E-state index in [0.29, 0.717) is 5.52 Å². The predicted octanol–water partition coefficient (Wildman–Crippen LogP) is -0.113. The third kappa shape index (κ3) is 3.93. The minimum absolute atomic E-state index is 0.187. The number of nitrogens with zero attached hydrogens (tertiary/aromatic N) is 1. The second-order valence-corrected chi connectivity index (χ2v) is 7.42. The number of carbonyl (C=O) groups is 1. The number of nitrogens with one attached hydrogen (secondary N) is 2. The summed E-state index contributed by atoms with van der Waals surface area (Å²) in [6.45, 7) is -0.449. The molecule has 0 aliphatic carbocycles. The summed E-state index contributed by atoms with van der Waals surface area (Å²) in [6.07, 6.45) is -4.08. The van der Waals surface area contributed by atoms with E-state index in [0.717, 1.165) is 18.2 Å². The molecule has 168 valence electrons. The number of hydrogen-bond donors (Lipinski definition) is 4. The number of hydrogen-bond acceptors (Lipinski definition) is 6. The number of carbonyl (C=O) groups excluding carboxylic acids is 1. The van der Waals surface area contributed by atoms with Crippen LogP contribution in [0.5, 0.6) is 0 Å². The van der Waals surface area contributed by atoms with Crippen LogP contribution >= 0.6 is 0 Å². The average Bonchev–Trinajstić information content (AvgIpc) is 2.77. The monoisotopic (exact) mass is 447 g/mol. The molecule has 32 heavy (non-hydrogen) atoms. The normalized spacial score (nSPS) is 23.2. The zero-order valence-electron chi connectivity index (χ0n) is 16.5. The van der Waals surface area contributed by atoms with Gasteiger partial charge < -0.3 is 20.3 Å². The van der Waals surface area contributed by atoms with Gasteiger partial charge in [0.25, 0.3) is 11.5 Å². The van der Waals surface area contributed by atoms with E-state index >= 15 is 0 Å². The molecule has 0 saturated carbocycles. The van der Waals surface area contributed by atoms with Crippen molar-refractivity contribution >= 4 is 16.8 Å². The molecule has 0 radical (unpaired) electrons. The fraction of sp³-hybridized carbons (Fsp3) is 0.286. The molecule has 1 fully saturated rings. The molecule has 1 aromatic heterocycles. The van der Waals surface area contributed by atoms with Crippen molar-refractivity contribution in [2.45, 2.75) is 30.9 Å². The minimum Gasteiger partial charge on any atom is -0.388 e. The third-order valence-corrected chi connectivity index (χ3v) is 5.41. The van der Waals surface area contributed by atoms with Crippen LogP contribution in [0.1, 0.15) is 10.4 Å². The molecule has 0 unspecified atom stereocenters. The molecule has 1 saturated heterocycles. The van der Waals surface area contributed by atoms with E-state index in [9.17, 15) is 33.4 Å². The highest BCUT2D eigenvalue weighted by molar-refractivity contribution is 5.94. The molecule has 2 heterocycles. The Balaban J connectivity index is 1.51. The number of rotatable bonds is 4. The lowest BCUT2D eigenvalue weighted by atomic mass is 9.97. The molecule has 1 aliphatic rings. The molecule has 3 aromatic rings. The van der Waals surface area contributed by atoms with Crippen molar-refractivity contribution in [1.29, 1.82) is 0 Å². The van der Waals surface area contributed by atoms with Gasteiger partial charge in [0.1, 0.15) is 18.3 Å². The van der Waals surface area contributed by atoms with Gasteiger partial charge in [0.15, 0.2) is 11.6 Å². The predicted molar refractivity (Wildman–Crippen MR) is 108 cm³/mol. The van der Waals surface area contributed by atoms with Crippen LogP contribution in [0.3, 0.4) is 0 Å². The van der Waals surface area contributed by atoms with Crippen LogP contribution in [0.4, 0.5) is 8.78 Å². The number of ether oxygens (including phenoxy) is 1. The molecule has 2 aromatic carbocycles.